The van der Waals surface area contributed by atoms with Crippen molar-refractivity contribution < 1.29 is 9.18 Å². The monoisotopic (exact) mass is 472 g/mol. The van der Waals surface area contributed by atoms with Crippen LogP contribution in [0.15, 0.2) is 94.9 Å². The van der Waals surface area contributed by atoms with E-state index in [2.05, 4.69) is 29.6 Å². The molecule has 1 saturated heterocycles. The fourth-order valence-electron chi connectivity index (χ4n) is 4.16. The lowest BCUT2D eigenvalue weighted by Crippen LogP contribution is -2.46. The summed E-state index contributed by atoms with van der Waals surface area (Å²) >= 11 is 1.71. The molecule has 172 valence electrons. The number of hydrogen-bond acceptors (Lipinski definition) is 4. The summed E-state index contributed by atoms with van der Waals surface area (Å²) < 4.78 is 13.1. The number of thioether (sulfide) groups is 1. The number of urea groups is 1. The molecule has 2 aliphatic heterocycles. The van der Waals surface area contributed by atoms with Gasteiger partial charge in [0.2, 0.25) is 0 Å². The maximum absolute atomic E-state index is 13.1. The zero-order valence-electron chi connectivity index (χ0n) is 18.7. The molecule has 34 heavy (non-hydrogen) atoms. The summed E-state index contributed by atoms with van der Waals surface area (Å²) in [5, 5.41) is 3.80. The predicted octanol–water partition coefficient (Wildman–Crippen LogP) is 5.98. The molecule has 2 aliphatic rings. The zero-order valence-corrected chi connectivity index (χ0v) is 19.5. The van der Waals surface area contributed by atoms with E-state index < -0.39 is 5.66 Å². The van der Waals surface area contributed by atoms with Crippen LogP contribution >= 0.6 is 11.8 Å². The van der Waals surface area contributed by atoms with E-state index in [1.165, 1.54) is 17.7 Å². The number of amides is 2. The fraction of sp³-hybridized carbons (Fsp3) is 0.222. The summed E-state index contributed by atoms with van der Waals surface area (Å²) in [5.74, 6) is 0.499. The molecule has 0 saturated carbocycles. The van der Waals surface area contributed by atoms with Crippen LogP contribution in [0.2, 0.25) is 0 Å². The van der Waals surface area contributed by atoms with Crippen LogP contribution in [-0.4, -0.2) is 40.4 Å². The molecule has 1 N–H and O–H groups in total. The summed E-state index contributed by atoms with van der Waals surface area (Å²) in [6.45, 7) is 1.11. The Balaban J connectivity index is 1.30. The first-order valence-electron chi connectivity index (χ1n) is 11.3. The van der Waals surface area contributed by atoms with Crippen LogP contribution in [-0.2, 0) is 5.75 Å². The van der Waals surface area contributed by atoms with Gasteiger partial charge in [-0.3, -0.25) is 4.99 Å². The highest BCUT2D eigenvalue weighted by atomic mass is 32.2. The van der Waals surface area contributed by atoms with E-state index in [9.17, 15) is 9.18 Å². The van der Waals surface area contributed by atoms with E-state index in [0.29, 0.717) is 31.6 Å². The highest BCUT2D eigenvalue weighted by molar-refractivity contribution is 8.15. The maximum Gasteiger partial charge on any atom is 0.321 e. The number of anilines is 1. The van der Waals surface area contributed by atoms with Gasteiger partial charge in [-0.25, -0.2) is 14.2 Å². The Morgan fingerprint density at radius 3 is 2.24 bits per heavy atom. The second kappa shape index (κ2) is 9.81. The molecule has 5 nitrogen and oxygen atoms in total. The Labute approximate surface area is 202 Å². The Morgan fingerprint density at radius 1 is 0.912 bits per heavy atom. The van der Waals surface area contributed by atoms with Crippen LogP contribution in [0.4, 0.5) is 14.9 Å². The third-order valence-electron chi connectivity index (χ3n) is 6.04. The van der Waals surface area contributed by atoms with Crippen LogP contribution in [0, 0.1) is 5.82 Å². The number of hydrogen-bond donors (Lipinski definition) is 1. The van der Waals surface area contributed by atoms with Gasteiger partial charge in [0.25, 0.3) is 0 Å². The number of nitrogens with zero attached hydrogens (tertiary/aromatic N) is 3. The Morgan fingerprint density at radius 2 is 1.56 bits per heavy atom. The number of carbonyl (C=O) groups is 1. The van der Waals surface area contributed by atoms with Crippen LogP contribution in [0.1, 0.15) is 24.0 Å². The predicted molar refractivity (Wildman–Crippen MR) is 137 cm³/mol. The van der Waals surface area contributed by atoms with Crippen molar-refractivity contribution >= 4 is 34.2 Å². The third kappa shape index (κ3) is 5.04. The number of carbonyl (C=O) groups excluding carboxylic acids is 1. The first-order valence-corrected chi connectivity index (χ1v) is 12.3. The average molecular weight is 473 g/mol. The summed E-state index contributed by atoms with van der Waals surface area (Å²) in [5.41, 5.74) is 3.29. The van der Waals surface area contributed by atoms with Gasteiger partial charge in [0.05, 0.1) is 5.71 Å². The van der Waals surface area contributed by atoms with Crippen molar-refractivity contribution in [3.05, 3.63) is 102 Å². The second-order valence-corrected chi connectivity index (χ2v) is 9.39. The first-order chi connectivity index (χ1) is 16.6. The van der Waals surface area contributed by atoms with Gasteiger partial charge >= 0.3 is 6.03 Å². The number of nitrogens with one attached hydrogen (secondary N) is 1. The van der Waals surface area contributed by atoms with Crippen LogP contribution in [0.25, 0.3) is 0 Å². The van der Waals surface area contributed by atoms with Crippen molar-refractivity contribution in [2.75, 3.05) is 18.4 Å². The molecule has 5 rings (SSSR count). The highest BCUT2D eigenvalue weighted by Crippen LogP contribution is 2.36. The molecule has 0 aliphatic carbocycles. The molecular weight excluding hydrogens is 447 g/mol. The smallest absolute Gasteiger partial charge is 0.321 e. The van der Waals surface area contributed by atoms with Gasteiger partial charge < -0.3 is 10.2 Å². The molecule has 3 aromatic rings. The minimum Gasteiger partial charge on any atom is -0.324 e. The van der Waals surface area contributed by atoms with Gasteiger partial charge in [0.1, 0.15) is 10.9 Å². The Bertz CT molecular complexity index is 1200. The molecule has 0 aromatic heterocycles. The van der Waals surface area contributed by atoms with Crippen molar-refractivity contribution in [3.63, 3.8) is 0 Å². The third-order valence-corrected chi connectivity index (χ3v) is 7.08. The van der Waals surface area contributed by atoms with E-state index in [-0.39, 0.29) is 11.8 Å². The molecule has 0 radical (unpaired) electrons. The standard InChI is InChI=1S/C27H25FN4OS/c28-22-11-13-23(14-12-22)29-26(33)32-17-15-27(16-18-32)30-24(21-9-5-2-6-10-21)25(31-27)34-19-20-7-3-1-4-8-20/h1-14H,15-19H2,(H,29,33). The van der Waals surface area contributed by atoms with Crippen molar-refractivity contribution in [3.8, 4) is 0 Å². The van der Waals surface area contributed by atoms with Gasteiger partial charge in [-0.2, -0.15) is 0 Å². The number of halogens is 1. The zero-order chi connectivity index (χ0) is 23.4. The van der Waals surface area contributed by atoms with Gasteiger partial charge in [0, 0.05) is 42.9 Å². The summed E-state index contributed by atoms with van der Waals surface area (Å²) in [4.78, 5) is 24.7. The first kappa shape index (κ1) is 22.3. The lowest BCUT2D eigenvalue weighted by Gasteiger charge is -2.35. The number of piperidine rings is 1. The topological polar surface area (TPSA) is 57.1 Å². The van der Waals surface area contributed by atoms with Gasteiger partial charge in [-0.05, 0) is 29.8 Å². The number of rotatable bonds is 4. The molecule has 0 unspecified atom stereocenters. The maximum atomic E-state index is 13.1. The highest BCUT2D eigenvalue weighted by Gasteiger charge is 2.40. The summed E-state index contributed by atoms with van der Waals surface area (Å²) in [7, 11) is 0. The quantitative estimate of drug-likeness (QED) is 0.508. The molecular formula is C27H25FN4OS. The molecule has 3 aromatic carbocycles. The van der Waals surface area contributed by atoms with E-state index in [1.807, 2.05) is 36.4 Å². The van der Waals surface area contributed by atoms with Gasteiger partial charge in [-0.15, -0.1) is 0 Å². The summed E-state index contributed by atoms with van der Waals surface area (Å²) in [6, 6.07) is 26.1. The number of benzene rings is 3. The minimum atomic E-state index is -0.531. The van der Waals surface area contributed by atoms with Crippen LogP contribution in [0.3, 0.4) is 0 Å². The van der Waals surface area contributed by atoms with Gasteiger partial charge in [0.15, 0.2) is 5.66 Å². The Kier molecular flexibility index (Phi) is 6.45. The molecule has 2 amide bonds. The molecule has 7 heteroatoms. The molecule has 1 spiro atoms. The minimum absolute atomic E-state index is 0.186. The van der Waals surface area contributed by atoms with E-state index in [4.69, 9.17) is 9.98 Å². The lowest BCUT2D eigenvalue weighted by molar-refractivity contribution is 0.175. The molecule has 0 bridgehead atoms. The van der Waals surface area contributed by atoms with Crippen molar-refractivity contribution in [2.24, 2.45) is 9.98 Å². The van der Waals surface area contributed by atoms with Crippen molar-refractivity contribution in [2.45, 2.75) is 24.3 Å². The van der Waals surface area contributed by atoms with E-state index in [1.54, 1.807) is 28.8 Å². The van der Waals surface area contributed by atoms with Crippen molar-refractivity contribution in [1.29, 1.82) is 0 Å². The van der Waals surface area contributed by atoms with Crippen LogP contribution < -0.4 is 5.32 Å². The molecule has 2 heterocycles. The SMILES string of the molecule is O=C(Nc1ccc(F)cc1)N1CCC2(CC1)N=C(SCc1ccccc1)C(c1ccccc1)=N2. The van der Waals surface area contributed by atoms with E-state index in [0.717, 1.165) is 22.1 Å². The number of likely N-dealkylation sites (tertiary alicyclic amines) is 1. The average Bonchev–Trinajstić information content (AvgIpc) is 3.23. The summed E-state index contributed by atoms with van der Waals surface area (Å²) in [6.07, 6.45) is 1.32. The molecule has 0 atom stereocenters. The number of aliphatic imine (C=N–C) groups is 2. The van der Waals surface area contributed by atoms with Crippen molar-refractivity contribution in [1.82, 2.24) is 4.90 Å². The second-order valence-electron chi connectivity index (χ2n) is 8.42. The fourth-order valence-corrected chi connectivity index (χ4v) is 5.19. The largest absolute Gasteiger partial charge is 0.324 e. The Hall–Kier alpha value is -3.45. The normalized spacial score (nSPS) is 16.8. The van der Waals surface area contributed by atoms with E-state index >= 15 is 0 Å². The van der Waals surface area contributed by atoms with Gasteiger partial charge in [-0.1, -0.05) is 72.4 Å². The lowest BCUT2D eigenvalue weighted by atomic mass is 9.98. The molecule has 1 fully saturated rings. The van der Waals surface area contributed by atoms with Crippen LogP contribution in [0.5, 0.6) is 0 Å².